The third kappa shape index (κ3) is 5.03. The summed E-state index contributed by atoms with van der Waals surface area (Å²) < 4.78 is 12.4. The van der Waals surface area contributed by atoms with E-state index in [1.165, 1.54) is 0 Å². The number of nitrogens with two attached hydrogens (primary N) is 1. The number of nitrogen functional groups attached to an aromatic ring is 1. The van der Waals surface area contributed by atoms with Crippen LogP contribution in [0.15, 0.2) is 28.9 Å². The van der Waals surface area contributed by atoms with Gasteiger partial charge < -0.3 is 25.1 Å². The number of hydrogen-bond donors (Lipinski definition) is 2. The van der Waals surface area contributed by atoms with Crippen LogP contribution in [0, 0.1) is 0 Å². The molecule has 0 aliphatic carbocycles. The number of aryl methyl sites for hydroxylation is 1. The van der Waals surface area contributed by atoms with Crippen LogP contribution in [0.1, 0.15) is 32.6 Å². The fourth-order valence-corrected chi connectivity index (χ4v) is 3.72. The van der Waals surface area contributed by atoms with Gasteiger partial charge in [-0.25, -0.2) is 19.4 Å². The van der Waals surface area contributed by atoms with Crippen molar-refractivity contribution in [2.45, 2.75) is 39.2 Å². The Bertz CT molecular complexity index is 1280. The third-order valence-corrected chi connectivity index (χ3v) is 5.41. The number of carbonyl (C=O) groups excluding carboxylic acids is 1. The van der Waals surface area contributed by atoms with Crippen molar-refractivity contribution in [3.63, 3.8) is 0 Å². The van der Waals surface area contributed by atoms with Gasteiger partial charge in [-0.15, -0.1) is 0 Å². The van der Waals surface area contributed by atoms with E-state index in [4.69, 9.17) is 20.0 Å². The van der Waals surface area contributed by atoms with Crippen molar-refractivity contribution in [2.24, 2.45) is 0 Å². The third-order valence-electron chi connectivity index (χ3n) is 5.41. The van der Waals surface area contributed by atoms with Crippen LogP contribution in [0.4, 0.5) is 16.6 Å². The lowest BCUT2D eigenvalue weighted by atomic mass is 10.1. The summed E-state index contributed by atoms with van der Waals surface area (Å²) in [4.78, 5) is 26.9. The summed E-state index contributed by atoms with van der Waals surface area (Å²) in [6.07, 6.45) is 4.64. The van der Waals surface area contributed by atoms with E-state index in [2.05, 4.69) is 27.2 Å². The molecule has 3 heterocycles. The van der Waals surface area contributed by atoms with Crippen LogP contribution >= 0.6 is 0 Å². The number of carbonyl (C=O) groups is 1. The first-order valence-electron chi connectivity index (χ1n) is 11.4. The molecule has 0 saturated heterocycles. The number of nitrogens with one attached hydrogen (secondary N) is 1. The van der Waals surface area contributed by atoms with Crippen molar-refractivity contribution < 1.29 is 13.9 Å². The topological polar surface area (TPSA) is 137 Å². The first kappa shape index (κ1) is 23.3. The first-order chi connectivity index (χ1) is 16.5. The van der Waals surface area contributed by atoms with Gasteiger partial charge in [0.2, 0.25) is 0 Å². The monoisotopic (exact) mass is 466 g/mol. The molecule has 11 nitrogen and oxygen atoms in total. The van der Waals surface area contributed by atoms with E-state index in [0.29, 0.717) is 30.8 Å². The largest absolute Gasteiger partial charge is 0.450 e. The van der Waals surface area contributed by atoms with Gasteiger partial charge in [0.25, 0.3) is 6.01 Å². The predicted molar refractivity (Wildman–Crippen MR) is 131 cm³/mol. The number of unbranched alkanes of at least 4 members (excludes halogenated alkanes) is 2. The van der Waals surface area contributed by atoms with Crippen LogP contribution in [0.2, 0.25) is 0 Å². The molecule has 3 N–H and O–H groups in total. The molecule has 0 spiro atoms. The Morgan fingerprint density at radius 1 is 1.24 bits per heavy atom. The summed E-state index contributed by atoms with van der Waals surface area (Å²) in [5.74, 6) is 0.780. The Kier molecular flexibility index (Phi) is 7.09. The molecule has 0 atom stereocenters. The van der Waals surface area contributed by atoms with Crippen LogP contribution in [0.25, 0.3) is 33.4 Å². The highest BCUT2D eigenvalue weighted by molar-refractivity contribution is 6.00. The molecular weight excluding hydrogens is 436 g/mol. The number of aromatic nitrogens is 5. The molecule has 0 radical (unpaired) electrons. The smallest absolute Gasteiger partial charge is 0.407 e. The van der Waals surface area contributed by atoms with Crippen molar-refractivity contribution in [1.82, 2.24) is 30.0 Å². The van der Waals surface area contributed by atoms with E-state index < -0.39 is 0 Å². The molecule has 1 aromatic carbocycles. The Morgan fingerprint density at radius 2 is 2.09 bits per heavy atom. The maximum absolute atomic E-state index is 11.7. The SMILES string of the molecule is CCCCOC(=O)NCCCCn1nc(-c2ccc3oc(N)nc3c2)c2c(N(C)C)ncnc21. The molecule has 1 amide bonds. The number of alkyl carbamates (subject to hydrolysis) is 1. The van der Waals surface area contributed by atoms with Crippen LogP contribution in [0.3, 0.4) is 0 Å². The molecule has 34 heavy (non-hydrogen) atoms. The molecule has 0 saturated carbocycles. The van der Waals surface area contributed by atoms with E-state index in [0.717, 1.165) is 53.8 Å². The number of amides is 1. The minimum Gasteiger partial charge on any atom is -0.450 e. The maximum Gasteiger partial charge on any atom is 0.407 e. The van der Waals surface area contributed by atoms with Crippen LogP contribution in [-0.2, 0) is 11.3 Å². The van der Waals surface area contributed by atoms with Crippen molar-refractivity contribution in [3.8, 4) is 11.3 Å². The second-order valence-corrected chi connectivity index (χ2v) is 8.22. The zero-order valence-electron chi connectivity index (χ0n) is 19.7. The number of oxazole rings is 1. The lowest BCUT2D eigenvalue weighted by Crippen LogP contribution is -2.25. The summed E-state index contributed by atoms with van der Waals surface area (Å²) in [7, 11) is 3.88. The average molecular weight is 467 g/mol. The molecule has 0 fully saturated rings. The van der Waals surface area contributed by atoms with Gasteiger partial charge in [0, 0.05) is 32.7 Å². The summed E-state index contributed by atoms with van der Waals surface area (Å²) in [6, 6.07) is 5.80. The summed E-state index contributed by atoms with van der Waals surface area (Å²) in [6.45, 7) is 3.69. The van der Waals surface area contributed by atoms with E-state index in [-0.39, 0.29) is 12.1 Å². The van der Waals surface area contributed by atoms with Crippen molar-refractivity contribution in [2.75, 3.05) is 37.9 Å². The minimum atomic E-state index is -0.368. The van der Waals surface area contributed by atoms with Gasteiger partial charge in [-0.2, -0.15) is 10.1 Å². The Morgan fingerprint density at radius 3 is 2.88 bits per heavy atom. The highest BCUT2D eigenvalue weighted by Crippen LogP contribution is 2.34. The molecule has 4 aromatic rings. The molecule has 0 bridgehead atoms. The standard InChI is InChI=1S/C23H30N8O3/c1-4-5-12-33-23(32)25-10-6-7-11-31-21-18(20(30(2)3)26-14-27-21)19(29-31)15-8-9-17-16(13-15)28-22(24)34-17/h8-9,13-14H,4-7,10-12H2,1-3H3,(H2,24,28)(H,25,32). The van der Waals surface area contributed by atoms with Gasteiger partial charge in [0.1, 0.15) is 23.4 Å². The van der Waals surface area contributed by atoms with Crippen molar-refractivity contribution in [3.05, 3.63) is 24.5 Å². The fourth-order valence-electron chi connectivity index (χ4n) is 3.72. The molecule has 0 aliphatic rings. The van der Waals surface area contributed by atoms with Crippen molar-refractivity contribution >= 4 is 40.1 Å². The number of hydrogen-bond acceptors (Lipinski definition) is 9. The normalized spacial score (nSPS) is 11.3. The second kappa shape index (κ2) is 10.4. The summed E-state index contributed by atoms with van der Waals surface area (Å²) >= 11 is 0. The van der Waals surface area contributed by atoms with Crippen LogP contribution in [0.5, 0.6) is 0 Å². The second-order valence-electron chi connectivity index (χ2n) is 8.22. The van der Waals surface area contributed by atoms with Crippen LogP contribution < -0.4 is 16.0 Å². The lowest BCUT2D eigenvalue weighted by molar-refractivity contribution is 0.144. The maximum atomic E-state index is 11.7. The first-order valence-corrected chi connectivity index (χ1v) is 11.4. The van der Waals surface area contributed by atoms with E-state index >= 15 is 0 Å². The van der Waals surface area contributed by atoms with E-state index in [1.54, 1.807) is 6.33 Å². The molecule has 3 aromatic heterocycles. The molecule has 0 aliphatic heterocycles. The number of rotatable bonds is 10. The van der Waals surface area contributed by atoms with Gasteiger partial charge in [-0.1, -0.05) is 13.3 Å². The number of fused-ring (bicyclic) bond motifs is 2. The Hall–Kier alpha value is -3.89. The molecular formula is C23H30N8O3. The molecule has 180 valence electrons. The number of ether oxygens (including phenoxy) is 1. The Balaban J connectivity index is 1.53. The van der Waals surface area contributed by atoms with Crippen LogP contribution in [-0.4, -0.2) is 58.1 Å². The highest BCUT2D eigenvalue weighted by atomic mass is 16.5. The zero-order valence-corrected chi connectivity index (χ0v) is 19.7. The lowest BCUT2D eigenvalue weighted by Gasteiger charge is -2.12. The quantitative estimate of drug-likeness (QED) is 0.336. The zero-order chi connectivity index (χ0) is 24.1. The number of benzene rings is 1. The average Bonchev–Trinajstić information content (AvgIpc) is 3.38. The summed E-state index contributed by atoms with van der Waals surface area (Å²) in [5.41, 5.74) is 9.38. The highest BCUT2D eigenvalue weighted by Gasteiger charge is 2.20. The van der Waals surface area contributed by atoms with Gasteiger partial charge in [0.15, 0.2) is 11.2 Å². The van der Waals surface area contributed by atoms with E-state index in [9.17, 15) is 4.79 Å². The van der Waals surface area contributed by atoms with Crippen molar-refractivity contribution in [1.29, 1.82) is 0 Å². The van der Waals surface area contributed by atoms with Gasteiger partial charge in [-0.05, 0) is 37.5 Å². The molecule has 11 heteroatoms. The van der Waals surface area contributed by atoms with Gasteiger partial charge in [-0.3, -0.25) is 0 Å². The predicted octanol–water partition coefficient (Wildman–Crippen LogP) is 3.59. The van der Waals surface area contributed by atoms with Gasteiger partial charge in [0.05, 0.1) is 12.0 Å². The fraction of sp³-hybridized carbons (Fsp3) is 0.435. The molecule has 4 rings (SSSR count). The van der Waals surface area contributed by atoms with Gasteiger partial charge >= 0.3 is 6.09 Å². The summed E-state index contributed by atoms with van der Waals surface area (Å²) in [5, 5.41) is 8.54. The number of anilines is 2. The minimum absolute atomic E-state index is 0.128. The Labute approximate surface area is 197 Å². The van der Waals surface area contributed by atoms with E-state index in [1.807, 2.05) is 41.9 Å². The number of nitrogens with zero attached hydrogens (tertiary/aromatic N) is 6. The molecule has 0 unspecified atom stereocenters.